The van der Waals surface area contributed by atoms with Crippen molar-refractivity contribution in [2.24, 2.45) is 0 Å². The minimum absolute atomic E-state index is 0.153. The van der Waals surface area contributed by atoms with Gasteiger partial charge in [-0.15, -0.1) is 0 Å². The molecule has 3 rings (SSSR count). The lowest BCUT2D eigenvalue weighted by Gasteiger charge is -2.35. The summed E-state index contributed by atoms with van der Waals surface area (Å²) in [5.74, 6) is 0. The summed E-state index contributed by atoms with van der Waals surface area (Å²) in [7, 11) is 0. The zero-order chi connectivity index (χ0) is 18.5. The molecule has 1 aromatic carbocycles. The van der Waals surface area contributed by atoms with E-state index in [4.69, 9.17) is 16.3 Å². The van der Waals surface area contributed by atoms with Crippen LogP contribution in [0.5, 0.6) is 0 Å². The maximum atomic E-state index is 12.6. The van der Waals surface area contributed by atoms with E-state index >= 15 is 0 Å². The fourth-order valence-corrected chi connectivity index (χ4v) is 3.16. The minimum Gasteiger partial charge on any atom is -0.450 e. The van der Waals surface area contributed by atoms with Crippen molar-refractivity contribution >= 4 is 23.4 Å². The lowest BCUT2D eigenvalue weighted by Crippen LogP contribution is -2.49. The summed E-state index contributed by atoms with van der Waals surface area (Å²) >= 11 is 6.33. The molecule has 1 amide bonds. The van der Waals surface area contributed by atoms with E-state index in [2.05, 4.69) is 5.10 Å². The van der Waals surface area contributed by atoms with Crippen molar-refractivity contribution < 1.29 is 9.53 Å². The van der Waals surface area contributed by atoms with E-state index in [-0.39, 0.29) is 16.7 Å². The van der Waals surface area contributed by atoms with Crippen molar-refractivity contribution in [3.8, 4) is 0 Å². The maximum absolute atomic E-state index is 12.6. The second kappa shape index (κ2) is 8.23. The van der Waals surface area contributed by atoms with Crippen LogP contribution in [0.4, 0.5) is 10.5 Å². The van der Waals surface area contributed by atoms with E-state index in [1.165, 1.54) is 4.68 Å². The molecule has 26 heavy (non-hydrogen) atoms. The monoisotopic (exact) mass is 376 g/mol. The molecule has 1 aliphatic heterocycles. The fraction of sp³-hybridized carbons (Fsp3) is 0.389. The van der Waals surface area contributed by atoms with Crippen LogP contribution in [0.3, 0.4) is 0 Å². The lowest BCUT2D eigenvalue weighted by molar-refractivity contribution is 0.105. The summed E-state index contributed by atoms with van der Waals surface area (Å²) in [5, 5.41) is 4.42. The Morgan fingerprint density at radius 2 is 1.88 bits per heavy atom. The van der Waals surface area contributed by atoms with Gasteiger partial charge in [0.25, 0.3) is 5.56 Å². The average Bonchev–Trinajstić information content (AvgIpc) is 2.67. The van der Waals surface area contributed by atoms with Gasteiger partial charge in [0.1, 0.15) is 5.02 Å². The zero-order valence-corrected chi connectivity index (χ0v) is 15.4. The Kier molecular flexibility index (Phi) is 5.78. The highest BCUT2D eigenvalue weighted by molar-refractivity contribution is 6.33. The number of halogens is 1. The van der Waals surface area contributed by atoms with Crippen LogP contribution in [-0.2, 0) is 11.3 Å². The van der Waals surface area contributed by atoms with Crippen LogP contribution in [0.25, 0.3) is 0 Å². The highest BCUT2D eigenvalue weighted by Gasteiger charge is 2.24. The Balaban J connectivity index is 1.71. The molecule has 0 N–H and O–H groups in total. The highest BCUT2D eigenvalue weighted by atomic mass is 35.5. The van der Waals surface area contributed by atoms with Crippen molar-refractivity contribution in [2.45, 2.75) is 13.5 Å². The number of ether oxygens (including phenoxy) is 1. The molecule has 8 heteroatoms. The van der Waals surface area contributed by atoms with E-state index in [1.54, 1.807) is 18.0 Å². The number of benzene rings is 1. The third kappa shape index (κ3) is 3.99. The summed E-state index contributed by atoms with van der Waals surface area (Å²) in [6.45, 7) is 4.68. The molecule has 1 aliphatic rings. The van der Waals surface area contributed by atoms with Crippen molar-refractivity contribution in [1.29, 1.82) is 0 Å². The molecular weight excluding hydrogens is 356 g/mol. The van der Waals surface area contributed by atoms with Gasteiger partial charge in [-0.25, -0.2) is 9.48 Å². The summed E-state index contributed by atoms with van der Waals surface area (Å²) in [4.78, 5) is 27.9. The number of piperazine rings is 1. The number of carbonyl (C=O) groups excluding carboxylic acids is 1. The summed E-state index contributed by atoms with van der Waals surface area (Å²) in [5.41, 5.74) is 1.26. The van der Waals surface area contributed by atoms with Gasteiger partial charge in [0, 0.05) is 26.2 Å². The van der Waals surface area contributed by atoms with Gasteiger partial charge in [-0.05, 0) is 12.5 Å². The number of anilines is 1. The molecule has 0 spiro atoms. The molecule has 1 saturated heterocycles. The number of aromatic nitrogens is 2. The standard InChI is InChI=1S/C18H21ClN4O3/c1-2-26-18(25)22-10-8-21(9-11-22)15-12-20-23(17(24)16(15)19)13-14-6-4-3-5-7-14/h3-7,12H,2,8-11,13H2,1H3. The largest absolute Gasteiger partial charge is 0.450 e. The highest BCUT2D eigenvalue weighted by Crippen LogP contribution is 2.22. The lowest BCUT2D eigenvalue weighted by atomic mass is 10.2. The van der Waals surface area contributed by atoms with Gasteiger partial charge in [0.15, 0.2) is 0 Å². The quantitative estimate of drug-likeness (QED) is 0.818. The van der Waals surface area contributed by atoms with Crippen molar-refractivity contribution in [3.63, 3.8) is 0 Å². The predicted molar refractivity (Wildman–Crippen MR) is 99.9 cm³/mol. The molecule has 1 fully saturated rings. The van der Waals surface area contributed by atoms with Gasteiger partial charge >= 0.3 is 6.09 Å². The Morgan fingerprint density at radius 3 is 2.54 bits per heavy atom. The van der Waals surface area contributed by atoms with Crippen LogP contribution in [0.1, 0.15) is 12.5 Å². The normalized spacial score (nSPS) is 14.4. The van der Waals surface area contributed by atoms with E-state index in [0.717, 1.165) is 5.56 Å². The third-order valence-corrected chi connectivity index (χ3v) is 4.64. The Hall–Kier alpha value is -2.54. The smallest absolute Gasteiger partial charge is 0.409 e. The second-order valence-corrected chi connectivity index (χ2v) is 6.34. The van der Waals surface area contributed by atoms with E-state index in [0.29, 0.717) is 45.0 Å². The number of rotatable bonds is 4. The molecule has 0 radical (unpaired) electrons. The van der Waals surface area contributed by atoms with E-state index < -0.39 is 0 Å². The first-order valence-electron chi connectivity index (χ1n) is 8.56. The summed E-state index contributed by atoms with van der Waals surface area (Å²) < 4.78 is 6.37. The molecule has 0 bridgehead atoms. The SMILES string of the molecule is CCOC(=O)N1CCN(c2cnn(Cc3ccccc3)c(=O)c2Cl)CC1. The summed E-state index contributed by atoms with van der Waals surface area (Å²) in [6.07, 6.45) is 1.31. The second-order valence-electron chi connectivity index (χ2n) is 5.97. The van der Waals surface area contributed by atoms with Gasteiger partial charge < -0.3 is 14.5 Å². The van der Waals surface area contributed by atoms with Crippen LogP contribution in [0.2, 0.25) is 5.02 Å². The van der Waals surface area contributed by atoms with E-state index in [9.17, 15) is 9.59 Å². The van der Waals surface area contributed by atoms with Crippen molar-refractivity contribution in [2.75, 3.05) is 37.7 Å². The zero-order valence-electron chi connectivity index (χ0n) is 14.6. The topological polar surface area (TPSA) is 67.7 Å². The third-order valence-electron chi connectivity index (χ3n) is 4.29. The molecule has 2 heterocycles. The number of amides is 1. The first-order valence-corrected chi connectivity index (χ1v) is 8.94. The molecule has 1 aromatic heterocycles. The Morgan fingerprint density at radius 1 is 1.19 bits per heavy atom. The molecule has 0 saturated carbocycles. The molecule has 2 aromatic rings. The predicted octanol–water partition coefficient (Wildman–Crippen LogP) is 2.22. The molecule has 138 valence electrons. The van der Waals surface area contributed by atoms with Gasteiger partial charge in [-0.2, -0.15) is 5.10 Å². The summed E-state index contributed by atoms with van der Waals surface area (Å²) in [6, 6.07) is 9.62. The van der Waals surface area contributed by atoms with Crippen LogP contribution < -0.4 is 10.5 Å². The Labute approximate surface area is 156 Å². The first-order chi connectivity index (χ1) is 12.6. The average molecular weight is 377 g/mol. The van der Waals surface area contributed by atoms with E-state index in [1.807, 2.05) is 35.2 Å². The molecule has 0 aliphatic carbocycles. The van der Waals surface area contributed by atoms with Crippen molar-refractivity contribution in [3.05, 3.63) is 57.5 Å². The van der Waals surface area contributed by atoms with Crippen LogP contribution in [0.15, 0.2) is 41.3 Å². The van der Waals surface area contributed by atoms with Crippen molar-refractivity contribution in [1.82, 2.24) is 14.7 Å². The number of nitrogens with zero attached hydrogens (tertiary/aromatic N) is 4. The van der Waals surface area contributed by atoms with Crippen LogP contribution in [-0.4, -0.2) is 53.6 Å². The van der Waals surface area contributed by atoms with Gasteiger partial charge in [-0.1, -0.05) is 41.9 Å². The van der Waals surface area contributed by atoms with Gasteiger partial charge in [0.2, 0.25) is 0 Å². The number of hydrogen-bond acceptors (Lipinski definition) is 5. The fourth-order valence-electron chi connectivity index (χ4n) is 2.89. The number of hydrogen-bond donors (Lipinski definition) is 0. The first kappa shape index (κ1) is 18.3. The molecule has 0 atom stereocenters. The van der Waals surface area contributed by atoms with Gasteiger partial charge in [-0.3, -0.25) is 4.79 Å². The molecule has 7 nitrogen and oxygen atoms in total. The minimum atomic E-state index is -0.319. The molecule has 0 unspecified atom stereocenters. The van der Waals surface area contributed by atoms with Gasteiger partial charge in [0.05, 0.1) is 25.0 Å². The van der Waals surface area contributed by atoms with Crippen LogP contribution >= 0.6 is 11.6 Å². The maximum Gasteiger partial charge on any atom is 0.409 e. The number of carbonyl (C=O) groups is 1. The Bertz CT molecular complexity index is 817. The molecular formula is C18H21ClN4O3. The van der Waals surface area contributed by atoms with Crippen LogP contribution in [0, 0.1) is 0 Å².